The van der Waals surface area contributed by atoms with Crippen molar-refractivity contribution in [3.63, 3.8) is 0 Å². The number of carbonyl (C=O) groups excluding carboxylic acids is 1. The fraction of sp³-hybridized carbons (Fsp3) is 0.600. The molecule has 8 heteroatoms. The lowest BCUT2D eigenvalue weighted by Gasteiger charge is -2.36. The second kappa shape index (κ2) is 12.6. The van der Waals surface area contributed by atoms with Crippen LogP contribution in [-0.2, 0) is 11.2 Å². The molecule has 0 radical (unpaired) electrons. The number of piperazine rings is 1. The number of aryl methyl sites for hydroxylation is 1. The molecule has 3 N–H and O–H groups in total. The molecule has 0 unspecified atom stereocenters. The van der Waals surface area contributed by atoms with Crippen molar-refractivity contribution in [2.24, 2.45) is 10.9 Å². The molecule has 1 aliphatic carbocycles. The van der Waals surface area contributed by atoms with E-state index in [4.69, 9.17) is 0 Å². The first-order chi connectivity index (χ1) is 15.7. The van der Waals surface area contributed by atoms with Crippen LogP contribution in [0, 0.1) is 12.8 Å². The van der Waals surface area contributed by atoms with Crippen molar-refractivity contribution in [3.8, 4) is 0 Å². The van der Waals surface area contributed by atoms with Crippen LogP contribution in [0.25, 0.3) is 10.9 Å². The van der Waals surface area contributed by atoms with Crippen LogP contribution < -0.4 is 10.6 Å². The second-order valence-corrected chi connectivity index (χ2v) is 9.10. The summed E-state index contributed by atoms with van der Waals surface area (Å²) in [6, 6.07) is 8.48. The van der Waals surface area contributed by atoms with Crippen LogP contribution in [-0.4, -0.2) is 79.5 Å². The van der Waals surface area contributed by atoms with Crippen molar-refractivity contribution in [3.05, 3.63) is 35.5 Å². The zero-order valence-corrected chi connectivity index (χ0v) is 22.4. The van der Waals surface area contributed by atoms with Crippen molar-refractivity contribution < 1.29 is 4.79 Å². The molecular weight excluding hydrogens is 527 g/mol. The minimum absolute atomic E-state index is 0. The molecule has 33 heavy (non-hydrogen) atoms. The number of carbonyl (C=O) groups is 1. The Kier molecular flexibility index (Phi) is 9.85. The summed E-state index contributed by atoms with van der Waals surface area (Å²) >= 11 is 0. The zero-order chi connectivity index (χ0) is 22.3. The standard InChI is InChI=1S/C25H38N6O.HI/c1-19-21(22-9-5-6-10-23(22)29-19)11-12-27-25(26-2)28-13-14-30-15-17-31(18-16-30)24(32)20-7-3-4-8-20;/h5-6,9-10,20,29H,3-4,7-8,11-18H2,1-2H3,(H2,26,27,28);1H. The van der Waals surface area contributed by atoms with Crippen LogP contribution in [0.2, 0.25) is 0 Å². The van der Waals surface area contributed by atoms with Crippen LogP contribution in [0.3, 0.4) is 0 Å². The van der Waals surface area contributed by atoms with Gasteiger partial charge in [0.15, 0.2) is 5.96 Å². The summed E-state index contributed by atoms with van der Waals surface area (Å²) in [4.78, 5) is 25.0. The number of benzene rings is 1. The molecule has 4 rings (SSSR count). The highest BCUT2D eigenvalue weighted by molar-refractivity contribution is 14.0. The van der Waals surface area contributed by atoms with E-state index >= 15 is 0 Å². The van der Waals surface area contributed by atoms with E-state index in [-0.39, 0.29) is 24.0 Å². The average molecular weight is 567 g/mol. The van der Waals surface area contributed by atoms with E-state index in [0.717, 1.165) is 71.0 Å². The van der Waals surface area contributed by atoms with Gasteiger partial charge < -0.3 is 20.5 Å². The van der Waals surface area contributed by atoms with Crippen LogP contribution >= 0.6 is 24.0 Å². The first-order valence-corrected chi connectivity index (χ1v) is 12.2. The lowest BCUT2D eigenvalue weighted by molar-refractivity contribution is -0.137. The first-order valence-electron chi connectivity index (χ1n) is 12.2. The summed E-state index contributed by atoms with van der Waals surface area (Å²) in [5.41, 5.74) is 3.81. The molecular formula is C25H39IN6O. The number of H-pyrrole nitrogens is 1. The molecule has 0 atom stereocenters. The van der Waals surface area contributed by atoms with Gasteiger partial charge in [0.2, 0.25) is 5.91 Å². The van der Waals surface area contributed by atoms with Crippen molar-refractivity contribution >= 4 is 46.7 Å². The Morgan fingerprint density at radius 3 is 2.52 bits per heavy atom. The van der Waals surface area contributed by atoms with Crippen LogP contribution in [0.5, 0.6) is 0 Å². The normalized spacial score (nSPS) is 17.9. The number of hydrogen-bond donors (Lipinski definition) is 3. The number of aliphatic imine (C=N–C) groups is 1. The minimum atomic E-state index is 0. The van der Waals surface area contributed by atoms with E-state index in [9.17, 15) is 4.79 Å². The number of para-hydroxylation sites is 1. The number of hydrogen-bond acceptors (Lipinski definition) is 3. The van der Waals surface area contributed by atoms with Gasteiger partial charge >= 0.3 is 0 Å². The summed E-state index contributed by atoms with van der Waals surface area (Å²) in [5, 5.41) is 8.19. The van der Waals surface area contributed by atoms with Crippen LogP contribution in [0.4, 0.5) is 0 Å². The Bertz CT molecular complexity index is 928. The molecule has 0 spiro atoms. The number of amides is 1. The Hall–Kier alpha value is -1.81. The highest BCUT2D eigenvalue weighted by Gasteiger charge is 2.29. The maximum Gasteiger partial charge on any atom is 0.225 e. The summed E-state index contributed by atoms with van der Waals surface area (Å²) in [7, 11) is 1.82. The van der Waals surface area contributed by atoms with Crippen molar-refractivity contribution in [1.82, 2.24) is 25.4 Å². The van der Waals surface area contributed by atoms with Gasteiger partial charge in [0.1, 0.15) is 0 Å². The molecule has 1 aliphatic heterocycles. The van der Waals surface area contributed by atoms with Crippen LogP contribution in [0.15, 0.2) is 29.3 Å². The van der Waals surface area contributed by atoms with E-state index in [2.05, 4.69) is 61.6 Å². The summed E-state index contributed by atoms with van der Waals surface area (Å²) < 4.78 is 0. The number of aromatic amines is 1. The molecule has 182 valence electrons. The van der Waals surface area contributed by atoms with Crippen LogP contribution in [0.1, 0.15) is 36.9 Å². The van der Waals surface area contributed by atoms with E-state index in [1.165, 1.54) is 35.0 Å². The minimum Gasteiger partial charge on any atom is -0.358 e. The van der Waals surface area contributed by atoms with Gasteiger partial charge in [0, 0.05) is 75.4 Å². The Morgan fingerprint density at radius 1 is 1.09 bits per heavy atom. The van der Waals surface area contributed by atoms with E-state index in [0.29, 0.717) is 11.8 Å². The zero-order valence-electron chi connectivity index (χ0n) is 20.0. The molecule has 1 amide bonds. The summed E-state index contributed by atoms with van der Waals surface area (Å²) in [6.45, 7) is 8.46. The number of aromatic nitrogens is 1. The molecule has 2 aliphatic rings. The molecule has 0 bridgehead atoms. The smallest absolute Gasteiger partial charge is 0.225 e. The second-order valence-electron chi connectivity index (χ2n) is 9.10. The van der Waals surface area contributed by atoms with E-state index in [1.54, 1.807) is 0 Å². The number of halogens is 1. The predicted molar refractivity (Wildman–Crippen MR) is 146 cm³/mol. The third-order valence-corrected chi connectivity index (χ3v) is 7.03. The van der Waals surface area contributed by atoms with Gasteiger partial charge in [0.05, 0.1) is 0 Å². The lowest BCUT2D eigenvalue weighted by Crippen LogP contribution is -2.52. The fourth-order valence-electron chi connectivity index (χ4n) is 5.14. The topological polar surface area (TPSA) is 75.8 Å². The molecule has 1 saturated carbocycles. The molecule has 1 aromatic heterocycles. The van der Waals surface area contributed by atoms with Crippen molar-refractivity contribution in [2.45, 2.75) is 39.0 Å². The summed E-state index contributed by atoms with van der Waals surface area (Å²) in [6.07, 6.45) is 5.58. The van der Waals surface area contributed by atoms with E-state index < -0.39 is 0 Å². The number of rotatable bonds is 7. The van der Waals surface area contributed by atoms with Gasteiger partial charge in [0.25, 0.3) is 0 Å². The predicted octanol–water partition coefficient (Wildman–Crippen LogP) is 3.14. The molecule has 7 nitrogen and oxygen atoms in total. The third-order valence-electron chi connectivity index (χ3n) is 7.03. The molecule has 2 aromatic rings. The molecule has 2 heterocycles. The highest BCUT2D eigenvalue weighted by Crippen LogP contribution is 2.27. The largest absolute Gasteiger partial charge is 0.358 e. The number of guanidine groups is 1. The molecule has 2 fully saturated rings. The SMILES string of the molecule is CN=C(NCCc1c(C)[nH]c2ccccc12)NCCN1CCN(C(=O)C2CCCC2)CC1.I. The number of nitrogens with one attached hydrogen (secondary N) is 3. The molecule has 1 aromatic carbocycles. The Labute approximate surface area is 214 Å². The quantitative estimate of drug-likeness (QED) is 0.274. The maximum absolute atomic E-state index is 12.6. The van der Waals surface area contributed by atoms with Gasteiger partial charge in [-0.25, -0.2) is 0 Å². The number of nitrogens with zero attached hydrogens (tertiary/aromatic N) is 3. The Balaban J connectivity index is 0.00000306. The molecule has 1 saturated heterocycles. The average Bonchev–Trinajstić information content (AvgIpc) is 3.46. The first kappa shape index (κ1) is 25.8. The van der Waals surface area contributed by atoms with E-state index in [1.807, 2.05) is 7.05 Å². The maximum atomic E-state index is 12.6. The summed E-state index contributed by atoms with van der Waals surface area (Å²) in [5.74, 6) is 1.54. The van der Waals surface area contributed by atoms with Gasteiger partial charge in [-0.2, -0.15) is 0 Å². The van der Waals surface area contributed by atoms with Crippen molar-refractivity contribution in [2.75, 3.05) is 52.9 Å². The number of fused-ring (bicyclic) bond motifs is 1. The fourth-order valence-corrected chi connectivity index (χ4v) is 5.14. The Morgan fingerprint density at radius 2 is 1.79 bits per heavy atom. The van der Waals surface area contributed by atoms with Gasteiger partial charge in [-0.05, 0) is 37.8 Å². The highest BCUT2D eigenvalue weighted by atomic mass is 127. The van der Waals surface area contributed by atoms with Gasteiger partial charge in [-0.15, -0.1) is 24.0 Å². The van der Waals surface area contributed by atoms with Gasteiger partial charge in [-0.1, -0.05) is 31.0 Å². The van der Waals surface area contributed by atoms with Gasteiger partial charge in [-0.3, -0.25) is 14.7 Å². The monoisotopic (exact) mass is 566 g/mol. The lowest BCUT2D eigenvalue weighted by atomic mass is 10.1. The van der Waals surface area contributed by atoms with Crippen molar-refractivity contribution in [1.29, 1.82) is 0 Å². The third kappa shape index (κ3) is 6.62.